The van der Waals surface area contributed by atoms with E-state index in [4.69, 9.17) is 10.5 Å². The lowest BCUT2D eigenvalue weighted by Gasteiger charge is -2.37. The van der Waals surface area contributed by atoms with Gasteiger partial charge in [-0.1, -0.05) is 20.3 Å². The molecule has 0 aromatic heterocycles. The molecule has 4 nitrogen and oxygen atoms in total. The largest absolute Gasteiger partial charge is 0.389 e. The van der Waals surface area contributed by atoms with Crippen molar-refractivity contribution in [2.45, 2.75) is 39.2 Å². The Labute approximate surface area is 111 Å². The molecule has 0 aliphatic carbocycles. The molecule has 1 aliphatic rings. The van der Waals surface area contributed by atoms with Gasteiger partial charge in [-0.05, 0) is 37.8 Å². The highest BCUT2D eigenvalue weighted by atomic mass is 16.5. The van der Waals surface area contributed by atoms with E-state index < -0.39 is 0 Å². The van der Waals surface area contributed by atoms with E-state index in [-0.39, 0.29) is 6.10 Å². The quantitative estimate of drug-likeness (QED) is 0.640. The molecule has 0 aromatic carbocycles. The molecule has 4 heteroatoms. The lowest BCUT2D eigenvalue weighted by Crippen LogP contribution is -2.46. The smallest absolute Gasteiger partial charge is 0.0900 e. The Morgan fingerprint density at radius 1 is 1.50 bits per heavy atom. The number of hydrogen-bond donors (Lipinski definition) is 2. The normalized spacial score (nSPS) is 27.3. The second-order valence-corrected chi connectivity index (χ2v) is 5.60. The van der Waals surface area contributed by atoms with Crippen molar-refractivity contribution in [3.05, 3.63) is 0 Å². The first-order valence-electron chi connectivity index (χ1n) is 7.35. The van der Waals surface area contributed by atoms with Gasteiger partial charge in [0.25, 0.3) is 0 Å². The number of unbranched alkanes of at least 4 members (excludes halogenated alkanes) is 1. The van der Waals surface area contributed by atoms with E-state index in [1.165, 1.54) is 6.42 Å². The van der Waals surface area contributed by atoms with Crippen LogP contribution in [0.2, 0.25) is 0 Å². The van der Waals surface area contributed by atoms with Gasteiger partial charge in [-0.25, -0.2) is 0 Å². The van der Waals surface area contributed by atoms with Gasteiger partial charge in [-0.2, -0.15) is 0 Å². The monoisotopic (exact) mass is 258 g/mol. The van der Waals surface area contributed by atoms with E-state index >= 15 is 0 Å². The molecule has 3 N–H and O–H groups in total. The molecule has 0 amide bonds. The lowest BCUT2D eigenvalue weighted by atomic mass is 9.87. The van der Waals surface area contributed by atoms with Crippen molar-refractivity contribution in [2.75, 3.05) is 39.4 Å². The number of hydrogen-bond acceptors (Lipinski definition) is 4. The van der Waals surface area contributed by atoms with Crippen molar-refractivity contribution in [1.29, 1.82) is 0 Å². The molecule has 1 rings (SSSR count). The van der Waals surface area contributed by atoms with Crippen LogP contribution in [0.4, 0.5) is 0 Å². The average Bonchev–Trinajstić information content (AvgIpc) is 2.37. The highest BCUT2D eigenvalue weighted by Crippen LogP contribution is 2.22. The zero-order chi connectivity index (χ0) is 13.4. The second-order valence-electron chi connectivity index (χ2n) is 5.60. The van der Waals surface area contributed by atoms with Crippen LogP contribution >= 0.6 is 0 Å². The molecular weight excluding hydrogens is 228 g/mol. The van der Waals surface area contributed by atoms with Crippen molar-refractivity contribution < 1.29 is 9.84 Å². The maximum atomic E-state index is 9.93. The van der Waals surface area contributed by atoms with Gasteiger partial charge in [-0.3, -0.25) is 0 Å². The molecule has 1 heterocycles. The third-order valence-electron chi connectivity index (χ3n) is 3.92. The summed E-state index contributed by atoms with van der Waals surface area (Å²) in [5.41, 5.74) is 5.79. The first-order valence-corrected chi connectivity index (χ1v) is 7.35. The molecular formula is C14H30N2O2. The molecule has 0 spiro atoms. The van der Waals surface area contributed by atoms with E-state index in [1.54, 1.807) is 0 Å². The summed E-state index contributed by atoms with van der Waals surface area (Å²) in [6.45, 7) is 9.19. The molecule has 18 heavy (non-hydrogen) atoms. The summed E-state index contributed by atoms with van der Waals surface area (Å²) in [4.78, 5) is 2.32. The van der Waals surface area contributed by atoms with Crippen molar-refractivity contribution in [1.82, 2.24) is 4.90 Å². The fourth-order valence-electron chi connectivity index (χ4n) is 2.51. The number of β-amino-alcohol motifs (C(OH)–C–C–N with tert-alkyl or cyclic N) is 1. The fraction of sp³-hybridized carbons (Fsp3) is 1.00. The van der Waals surface area contributed by atoms with E-state index in [0.29, 0.717) is 18.4 Å². The molecule has 1 fully saturated rings. The van der Waals surface area contributed by atoms with E-state index in [0.717, 1.165) is 45.6 Å². The number of aliphatic hydroxyl groups is 1. The number of likely N-dealkylation sites (tertiary alicyclic amines) is 1. The number of aliphatic hydroxyl groups excluding tert-OH is 1. The summed E-state index contributed by atoms with van der Waals surface area (Å²) in [6, 6.07) is 0. The van der Waals surface area contributed by atoms with Gasteiger partial charge in [0.05, 0.1) is 12.7 Å². The molecule has 1 saturated heterocycles. The van der Waals surface area contributed by atoms with Gasteiger partial charge >= 0.3 is 0 Å². The average molecular weight is 258 g/mol. The Balaban J connectivity index is 2.17. The molecule has 0 radical (unpaired) electrons. The predicted molar refractivity (Wildman–Crippen MR) is 74.5 cm³/mol. The van der Waals surface area contributed by atoms with Crippen molar-refractivity contribution in [2.24, 2.45) is 17.6 Å². The van der Waals surface area contributed by atoms with Crippen LogP contribution in [0, 0.1) is 11.8 Å². The SMILES string of the molecule is CCCCOCC(O)CN1CCC(C)C(CN)C1. The lowest BCUT2D eigenvalue weighted by molar-refractivity contribution is 0.00400. The Hall–Kier alpha value is -0.160. The van der Waals surface area contributed by atoms with E-state index in [2.05, 4.69) is 18.7 Å². The van der Waals surface area contributed by atoms with Gasteiger partial charge < -0.3 is 20.5 Å². The highest BCUT2D eigenvalue weighted by molar-refractivity contribution is 4.79. The summed E-state index contributed by atoms with van der Waals surface area (Å²) >= 11 is 0. The topological polar surface area (TPSA) is 58.7 Å². The van der Waals surface area contributed by atoms with Crippen LogP contribution in [0.15, 0.2) is 0 Å². The zero-order valence-corrected chi connectivity index (χ0v) is 12.0. The van der Waals surface area contributed by atoms with Crippen LogP contribution in [0.3, 0.4) is 0 Å². The third-order valence-corrected chi connectivity index (χ3v) is 3.92. The minimum absolute atomic E-state index is 0.367. The van der Waals surface area contributed by atoms with Gasteiger partial charge in [0.15, 0.2) is 0 Å². The molecule has 0 bridgehead atoms. The first kappa shape index (κ1) is 15.9. The van der Waals surface area contributed by atoms with Crippen LogP contribution in [-0.2, 0) is 4.74 Å². The van der Waals surface area contributed by atoms with Crippen LogP contribution in [-0.4, -0.2) is 55.5 Å². The Bertz CT molecular complexity index is 214. The molecule has 0 saturated carbocycles. The summed E-state index contributed by atoms with van der Waals surface area (Å²) in [5, 5.41) is 9.93. The molecule has 108 valence electrons. The Kier molecular flexibility index (Phi) is 7.82. The molecule has 1 aliphatic heterocycles. The number of ether oxygens (including phenoxy) is 1. The summed E-state index contributed by atoms with van der Waals surface area (Å²) < 4.78 is 5.45. The Morgan fingerprint density at radius 2 is 2.28 bits per heavy atom. The molecule has 3 atom stereocenters. The summed E-state index contributed by atoms with van der Waals surface area (Å²) in [7, 11) is 0. The highest BCUT2D eigenvalue weighted by Gasteiger charge is 2.26. The van der Waals surface area contributed by atoms with Gasteiger partial charge in [0.2, 0.25) is 0 Å². The fourth-order valence-corrected chi connectivity index (χ4v) is 2.51. The summed E-state index contributed by atoms with van der Waals surface area (Å²) in [6.07, 6.45) is 3.03. The third kappa shape index (κ3) is 5.65. The number of nitrogens with zero attached hydrogens (tertiary/aromatic N) is 1. The summed E-state index contributed by atoms with van der Waals surface area (Å²) in [5.74, 6) is 1.29. The van der Waals surface area contributed by atoms with Crippen LogP contribution < -0.4 is 5.73 Å². The van der Waals surface area contributed by atoms with Crippen LogP contribution in [0.25, 0.3) is 0 Å². The minimum Gasteiger partial charge on any atom is -0.389 e. The van der Waals surface area contributed by atoms with Gasteiger partial charge in [-0.15, -0.1) is 0 Å². The van der Waals surface area contributed by atoms with Crippen molar-refractivity contribution in [3.63, 3.8) is 0 Å². The maximum absolute atomic E-state index is 9.93. The van der Waals surface area contributed by atoms with Crippen molar-refractivity contribution in [3.8, 4) is 0 Å². The Morgan fingerprint density at radius 3 is 2.94 bits per heavy atom. The minimum atomic E-state index is -0.367. The number of piperidine rings is 1. The van der Waals surface area contributed by atoms with Crippen LogP contribution in [0.5, 0.6) is 0 Å². The van der Waals surface area contributed by atoms with Gasteiger partial charge in [0, 0.05) is 19.7 Å². The second kappa shape index (κ2) is 8.86. The number of nitrogens with two attached hydrogens (primary N) is 1. The molecule has 0 aromatic rings. The maximum Gasteiger partial charge on any atom is 0.0900 e. The zero-order valence-electron chi connectivity index (χ0n) is 12.0. The first-order chi connectivity index (χ1) is 8.67. The number of rotatable bonds is 8. The van der Waals surface area contributed by atoms with E-state index in [9.17, 15) is 5.11 Å². The van der Waals surface area contributed by atoms with Gasteiger partial charge in [0.1, 0.15) is 0 Å². The molecule has 3 unspecified atom stereocenters. The predicted octanol–water partition coefficient (Wildman–Crippen LogP) is 1.08. The van der Waals surface area contributed by atoms with Crippen molar-refractivity contribution >= 4 is 0 Å². The van der Waals surface area contributed by atoms with Crippen LogP contribution in [0.1, 0.15) is 33.1 Å². The standard InChI is InChI=1S/C14H30N2O2/c1-3-4-7-18-11-14(17)10-16-6-5-12(2)13(8-15)9-16/h12-14,17H,3-11,15H2,1-2H3. The van der Waals surface area contributed by atoms with E-state index in [1.807, 2.05) is 0 Å².